The number of aromatic nitrogens is 1. The molecule has 2 heterocycles. The standard InChI is InChI=1S/C15H22ClN3O2/c1-12(2)21-10-9-18-5-7-19(8-6-18)15(20)14-4-3-13(16)11-17-14/h3-4,11-12H,5-10H2,1-2H3. The van der Waals surface area contributed by atoms with Crippen molar-refractivity contribution >= 4 is 17.5 Å². The summed E-state index contributed by atoms with van der Waals surface area (Å²) in [5, 5.41) is 0.543. The van der Waals surface area contributed by atoms with E-state index in [0.29, 0.717) is 10.7 Å². The smallest absolute Gasteiger partial charge is 0.272 e. The summed E-state index contributed by atoms with van der Waals surface area (Å²) in [5.41, 5.74) is 0.455. The summed E-state index contributed by atoms with van der Waals surface area (Å²) < 4.78 is 5.55. The van der Waals surface area contributed by atoms with E-state index in [1.807, 2.05) is 18.7 Å². The van der Waals surface area contributed by atoms with Crippen molar-refractivity contribution in [2.45, 2.75) is 20.0 Å². The maximum absolute atomic E-state index is 12.3. The van der Waals surface area contributed by atoms with Crippen LogP contribution < -0.4 is 0 Å². The molecule has 1 aliphatic heterocycles. The number of piperazine rings is 1. The first kappa shape index (κ1) is 16.2. The highest BCUT2D eigenvalue weighted by Gasteiger charge is 2.22. The third-order valence-corrected chi connectivity index (χ3v) is 3.69. The van der Waals surface area contributed by atoms with E-state index in [1.54, 1.807) is 12.1 Å². The van der Waals surface area contributed by atoms with Gasteiger partial charge in [0.15, 0.2) is 0 Å². The van der Waals surface area contributed by atoms with Gasteiger partial charge < -0.3 is 9.64 Å². The van der Waals surface area contributed by atoms with Crippen LogP contribution in [0.1, 0.15) is 24.3 Å². The van der Waals surface area contributed by atoms with E-state index in [1.165, 1.54) is 6.20 Å². The van der Waals surface area contributed by atoms with Crippen LogP contribution in [0.4, 0.5) is 0 Å². The van der Waals surface area contributed by atoms with Crippen LogP contribution >= 0.6 is 11.6 Å². The Morgan fingerprint density at radius 1 is 1.33 bits per heavy atom. The van der Waals surface area contributed by atoms with Gasteiger partial charge in [0, 0.05) is 38.9 Å². The predicted octanol–water partition coefficient (Wildman–Crippen LogP) is 1.92. The minimum absolute atomic E-state index is 0.0234. The summed E-state index contributed by atoms with van der Waals surface area (Å²) >= 11 is 5.79. The molecule has 0 aliphatic carbocycles. The lowest BCUT2D eigenvalue weighted by molar-refractivity contribution is 0.0405. The van der Waals surface area contributed by atoms with Crippen molar-refractivity contribution in [2.75, 3.05) is 39.3 Å². The van der Waals surface area contributed by atoms with E-state index in [-0.39, 0.29) is 12.0 Å². The fraction of sp³-hybridized carbons (Fsp3) is 0.600. The van der Waals surface area contributed by atoms with Gasteiger partial charge in [-0.15, -0.1) is 0 Å². The molecule has 2 rings (SSSR count). The molecule has 1 aliphatic rings. The van der Waals surface area contributed by atoms with Gasteiger partial charge >= 0.3 is 0 Å². The second-order valence-electron chi connectivity index (χ2n) is 5.42. The molecule has 1 aromatic heterocycles. The fourth-order valence-corrected chi connectivity index (χ4v) is 2.37. The van der Waals surface area contributed by atoms with Crippen LogP contribution in [0.5, 0.6) is 0 Å². The Morgan fingerprint density at radius 2 is 2.05 bits per heavy atom. The molecule has 0 aromatic carbocycles. The largest absolute Gasteiger partial charge is 0.377 e. The summed E-state index contributed by atoms with van der Waals surface area (Å²) in [4.78, 5) is 20.5. The first-order chi connectivity index (χ1) is 10.1. The van der Waals surface area contributed by atoms with Crippen LogP contribution in [0.3, 0.4) is 0 Å². The van der Waals surface area contributed by atoms with Crippen LogP contribution in [0.25, 0.3) is 0 Å². The van der Waals surface area contributed by atoms with Crippen molar-refractivity contribution in [1.82, 2.24) is 14.8 Å². The Labute approximate surface area is 130 Å². The highest BCUT2D eigenvalue weighted by Crippen LogP contribution is 2.10. The number of halogens is 1. The maximum atomic E-state index is 12.3. The fourth-order valence-electron chi connectivity index (χ4n) is 2.26. The van der Waals surface area contributed by atoms with Gasteiger partial charge in [0.25, 0.3) is 5.91 Å². The molecule has 1 fully saturated rings. The molecule has 0 bridgehead atoms. The average Bonchev–Trinajstić information content (AvgIpc) is 2.48. The number of carbonyl (C=O) groups is 1. The van der Waals surface area contributed by atoms with Gasteiger partial charge in [-0.2, -0.15) is 0 Å². The third-order valence-electron chi connectivity index (χ3n) is 3.46. The minimum Gasteiger partial charge on any atom is -0.377 e. The summed E-state index contributed by atoms with van der Waals surface area (Å²) in [6.45, 7) is 8.94. The van der Waals surface area contributed by atoms with Crippen molar-refractivity contribution in [3.8, 4) is 0 Å². The Bertz CT molecular complexity index is 456. The van der Waals surface area contributed by atoms with Gasteiger partial charge in [0.1, 0.15) is 5.69 Å². The van der Waals surface area contributed by atoms with Gasteiger partial charge in [-0.25, -0.2) is 4.98 Å². The molecule has 1 saturated heterocycles. The molecule has 21 heavy (non-hydrogen) atoms. The highest BCUT2D eigenvalue weighted by molar-refractivity contribution is 6.30. The van der Waals surface area contributed by atoms with E-state index in [4.69, 9.17) is 16.3 Å². The van der Waals surface area contributed by atoms with Crippen LogP contribution in [-0.2, 0) is 4.74 Å². The Morgan fingerprint density at radius 3 is 2.62 bits per heavy atom. The molecular formula is C15H22ClN3O2. The van der Waals surface area contributed by atoms with Crippen LogP contribution in [0.15, 0.2) is 18.3 Å². The zero-order chi connectivity index (χ0) is 15.2. The molecule has 5 nitrogen and oxygen atoms in total. The van der Waals surface area contributed by atoms with Crippen molar-refractivity contribution in [2.24, 2.45) is 0 Å². The highest BCUT2D eigenvalue weighted by atomic mass is 35.5. The third kappa shape index (κ3) is 4.95. The average molecular weight is 312 g/mol. The van der Waals surface area contributed by atoms with Crippen LogP contribution in [0, 0.1) is 0 Å². The summed E-state index contributed by atoms with van der Waals surface area (Å²) in [7, 11) is 0. The van der Waals surface area contributed by atoms with E-state index in [2.05, 4.69) is 9.88 Å². The van der Waals surface area contributed by atoms with Crippen molar-refractivity contribution in [1.29, 1.82) is 0 Å². The summed E-state index contributed by atoms with van der Waals surface area (Å²) in [5.74, 6) is -0.0234. The molecular weight excluding hydrogens is 290 g/mol. The molecule has 0 radical (unpaired) electrons. The zero-order valence-electron chi connectivity index (χ0n) is 12.6. The monoisotopic (exact) mass is 311 g/mol. The van der Waals surface area contributed by atoms with Crippen LogP contribution in [0.2, 0.25) is 5.02 Å². The van der Waals surface area contributed by atoms with E-state index < -0.39 is 0 Å². The first-order valence-corrected chi connectivity index (χ1v) is 7.69. The second kappa shape index (κ2) is 7.73. The maximum Gasteiger partial charge on any atom is 0.272 e. The molecule has 0 atom stereocenters. The Hall–Kier alpha value is -1.17. The summed E-state index contributed by atoms with van der Waals surface area (Å²) in [6.07, 6.45) is 1.78. The number of rotatable bonds is 5. The lowest BCUT2D eigenvalue weighted by Crippen LogP contribution is -2.49. The Kier molecular flexibility index (Phi) is 5.96. The van der Waals surface area contributed by atoms with Gasteiger partial charge in [0.2, 0.25) is 0 Å². The predicted molar refractivity (Wildman–Crippen MR) is 82.7 cm³/mol. The van der Waals surface area contributed by atoms with Crippen molar-refractivity contribution < 1.29 is 9.53 Å². The van der Waals surface area contributed by atoms with E-state index >= 15 is 0 Å². The summed E-state index contributed by atoms with van der Waals surface area (Å²) in [6, 6.07) is 3.37. The molecule has 1 amide bonds. The number of hydrogen-bond donors (Lipinski definition) is 0. The lowest BCUT2D eigenvalue weighted by atomic mass is 10.2. The molecule has 6 heteroatoms. The molecule has 116 valence electrons. The lowest BCUT2D eigenvalue weighted by Gasteiger charge is -2.34. The number of hydrogen-bond acceptors (Lipinski definition) is 4. The molecule has 1 aromatic rings. The van der Waals surface area contributed by atoms with Crippen molar-refractivity contribution in [3.05, 3.63) is 29.0 Å². The molecule has 0 spiro atoms. The van der Waals surface area contributed by atoms with Gasteiger partial charge in [-0.1, -0.05) is 11.6 Å². The van der Waals surface area contributed by atoms with Gasteiger partial charge in [0.05, 0.1) is 17.7 Å². The number of amides is 1. The van der Waals surface area contributed by atoms with Gasteiger partial charge in [-0.3, -0.25) is 9.69 Å². The van der Waals surface area contributed by atoms with Crippen LogP contribution in [-0.4, -0.2) is 66.1 Å². The zero-order valence-corrected chi connectivity index (χ0v) is 13.3. The quantitative estimate of drug-likeness (QED) is 0.833. The number of pyridine rings is 1. The molecule has 0 unspecified atom stereocenters. The minimum atomic E-state index is -0.0234. The van der Waals surface area contributed by atoms with Crippen molar-refractivity contribution in [3.63, 3.8) is 0 Å². The van der Waals surface area contributed by atoms with E-state index in [9.17, 15) is 4.79 Å². The Balaban J connectivity index is 1.78. The first-order valence-electron chi connectivity index (χ1n) is 7.31. The van der Waals surface area contributed by atoms with Gasteiger partial charge in [-0.05, 0) is 26.0 Å². The number of carbonyl (C=O) groups excluding carboxylic acids is 1. The molecule has 0 saturated carbocycles. The second-order valence-corrected chi connectivity index (χ2v) is 5.85. The van der Waals surface area contributed by atoms with E-state index in [0.717, 1.165) is 39.3 Å². The normalized spacial score (nSPS) is 16.5. The topological polar surface area (TPSA) is 45.7 Å². The number of nitrogens with zero attached hydrogens (tertiary/aromatic N) is 3. The SMILES string of the molecule is CC(C)OCCN1CCN(C(=O)c2ccc(Cl)cn2)CC1. The number of ether oxygens (including phenoxy) is 1. The molecule has 0 N–H and O–H groups in total.